The van der Waals surface area contributed by atoms with Crippen molar-refractivity contribution >= 4 is 17.6 Å². The van der Waals surface area contributed by atoms with Crippen LogP contribution in [0.2, 0.25) is 0 Å². The van der Waals surface area contributed by atoms with Crippen LogP contribution in [0.5, 0.6) is 5.88 Å². The fraction of sp³-hybridized carbons (Fsp3) is 0.174. The Hall–Kier alpha value is -3.50. The molecule has 150 valence electrons. The Morgan fingerprint density at radius 2 is 1.77 bits per heavy atom. The molecular weight excluding hydrogens is 394 g/mol. The molecule has 4 rings (SSSR count). The van der Waals surface area contributed by atoms with Crippen molar-refractivity contribution < 1.29 is 4.74 Å². The maximum absolute atomic E-state index is 10.1. The molecule has 1 atom stereocenters. The van der Waals surface area contributed by atoms with Crippen molar-refractivity contribution in [3.05, 3.63) is 88.7 Å². The van der Waals surface area contributed by atoms with Crippen molar-refractivity contribution in [3.8, 4) is 11.9 Å². The number of anilines is 1. The summed E-state index contributed by atoms with van der Waals surface area (Å²) in [6.45, 7) is 0.486. The molecule has 1 unspecified atom stereocenters. The molecule has 2 N–H and O–H groups in total. The Morgan fingerprint density at radius 3 is 2.37 bits per heavy atom. The molecule has 0 saturated heterocycles. The number of hydrogen-bond donors (Lipinski definition) is 1. The molecule has 1 aromatic heterocycles. The fourth-order valence-corrected chi connectivity index (χ4v) is 4.05. The molecule has 30 heavy (non-hydrogen) atoms. The highest BCUT2D eigenvalue weighted by Crippen LogP contribution is 2.47. The van der Waals surface area contributed by atoms with E-state index in [1.54, 1.807) is 7.11 Å². The molecule has 0 fully saturated rings. The molecule has 3 aromatic rings. The lowest BCUT2D eigenvalue weighted by Crippen LogP contribution is -2.36. The van der Waals surface area contributed by atoms with Crippen LogP contribution in [-0.2, 0) is 6.54 Å². The summed E-state index contributed by atoms with van der Waals surface area (Å²) in [6.07, 6.45) is 1.92. The molecule has 7 heteroatoms. The third kappa shape index (κ3) is 3.46. The number of rotatable bonds is 5. The van der Waals surface area contributed by atoms with Gasteiger partial charge in [-0.2, -0.15) is 10.2 Å². The first-order valence-electron chi connectivity index (χ1n) is 9.44. The second-order valence-corrected chi connectivity index (χ2v) is 7.56. The zero-order valence-electron chi connectivity index (χ0n) is 16.7. The van der Waals surface area contributed by atoms with E-state index < -0.39 is 5.92 Å². The van der Waals surface area contributed by atoms with Gasteiger partial charge in [-0.25, -0.2) is 4.98 Å². The Balaban J connectivity index is 1.98. The number of fused-ring (bicyclic) bond motifs is 1. The zero-order valence-corrected chi connectivity index (χ0v) is 17.6. The highest BCUT2D eigenvalue weighted by atomic mass is 32.2. The van der Waals surface area contributed by atoms with Gasteiger partial charge in [0, 0.05) is 0 Å². The van der Waals surface area contributed by atoms with Crippen LogP contribution in [0.3, 0.4) is 0 Å². The average molecular weight is 416 g/mol. The lowest BCUT2D eigenvalue weighted by atomic mass is 9.83. The molecule has 2 heterocycles. The minimum absolute atomic E-state index is 0.399. The van der Waals surface area contributed by atoms with Crippen molar-refractivity contribution in [1.82, 2.24) is 9.97 Å². The predicted octanol–water partition coefficient (Wildman–Crippen LogP) is 4.05. The van der Waals surface area contributed by atoms with Crippen LogP contribution in [0.25, 0.3) is 0 Å². The van der Waals surface area contributed by atoms with Crippen molar-refractivity contribution in [2.45, 2.75) is 17.6 Å². The first-order chi connectivity index (χ1) is 14.7. The summed E-state index contributed by atoms with van der Waals surface area (Å²) in [6, 6.07) is 22.1. The quantitative estimate of drug-likeness (QED) is 0.497. The van der Waals surface area contributed by atoms with E-state index in [1.165, 1.54) is 11.8 Å². The minimum atomic E-state index is -0.399. The second kappa shape index (κ2) is 8.47. The predicted molar refractivity (Wildman–Crippen MR) is 118 cm³/mol. The maximum Gasteiger partial charge on any atom is 0.223 e. The van der Waals surface area contributed by atoms with Gasteiger partial charge in [0.15, 0.2) is 5.16 Å². The maximum atomic E-state index is 10.1. The SMILES string of the molecule is COc1nc(SC)nc2c1C(c1ccccc1)C(C#N)=C(N)N2Cc1ccccc1. The molecule has 0 saturated carbocycles. The minimum Gasteiger partial charge on any atom is -0.481 e. The smallest absolute Gasteiger partial charge is 0.223 e. The molecule has 6 nitrogen and oxygen atoms in total. The van der Waals surface area contributed by atoms with E-state index in [0.29, 0.717) is 34.8 Å². The Bertz CT molecular complexity index is 1130. The monoisotopic (exact) mass is 415 g/mol. The number of ether oxygens (including phenoxy) is 1. The molecule has 0 radical (unpaired) electrons. The third-order valence-electron chi connectivity index (χ3n) is 5.08. The molecular formula is C23H21N5OS. The molecule has 1 aliphatic rings. The average Bonchev–Trinajstić information content (AvgIpc) is 2.80. The van der Waals surface area contributed by atoms with Crippen LogP contribution in [-0.4, -0.2) is 23.3 Å². The topological polar surface area (TPSA) is 88.1 Å². The van der Waals surface area contributed by atoms with Crippen LogP contribution in [0.4, 0.5) is 5.82 Å². The van der Waals surface area contributed by atoms with Crippen molar-refractivity contribution in [3.63, 3.8) is 0 Å². The van der Waals surface area contributed by atoms with E-state index >= 15 is 0 Å². The molecule has 0 aliphatic carbocycles. The van der Waals surface area contributed by atoms with Gasteiger partial charge in [-0.3, -0.25) is 0 Å². The number of benzene rings is 2. The van der Waals surface area contributed by atoms with Crippen LogP contribution in [0, 0.1) is 11.3 Å². The number of allylic oxidation sites excluding steroid dienone is 1. The molecule has 0 amide bonds. The highest BCUT2D eigenvalue weighted by Gasteiger charge is 2.38. The fourth-order valence-electron chi connectivity index (χ4n) is 3.70. The van der Waals surface area contributed by atoms with E-state index in [0.717, 1.165) is 16.7 Å². The van der Waals surface area contributed by atoms with Gasteiger partial charge in [-0.1, -0.05) is 72.4 Å². The third-order valence-corrected chi connectivity index (χ3v) is 5.63. The number of nitriles is 1. The lowest BCUT2D eigenvalue weighted by Gasteiger charge is -2.35. The van der Waals surface area contributed by atoms with E-state index in [9.17, 15) is 5.26 Å². The molecule has 1 aliphatic heterocycles. The van der Waals surface area contributed by atoms with Gasteiger partial charge in [0.2, 0.25) is 5.88 Å². The number of methoxy groups -OCH3 is 1. The van der Waals surface area contributed by atoms with Crippen molar-refractivity contribution in [1.29, 1.82) is 5.26 Å². The number of nitrogens with zero attached hydrogens (tertiary/aromatic N) is 4. The van der Waals surface area contributed by atoms with Crippen molar-refractivity contribution in [2.24, 2.45) is 5.73 Å². The number of aromatic nitrogens is 2. The van der Waals surface area contributed by atoms with Gasteiger partial charge in [-0.15, -0.1) is 0 Å². The van der Waals surface area contributed by atoms with E-state index in [-0.39, 0.29) is 0 Å². The van der Waals surface area contributed by atoms with Gasteiger partial charge >= 0.3 is 0 Å². The van der Waals surface area contributed by atoms with Gasteiger partial charge < -0.3 is 15.4 Å². The highest BCUT2D eigenvalue weighted by molar-refractivity contribution is 7.98. The summed E-state index contributed by atoms with van der Waals surface area (Å²) < 4.78 is 5.67. The summed E-state index contributed by atoms with van der Waals surface area (Å²) >= 11 is 1.43. The number of hydrogen-bond acceptors (Lipinski definition) is 7. The first-order valence-corrected chi connectivity index (χ1v) is 10.7. The van der Waals surface area contributed by atoms with E-state index in [4.69, 9.17) is 15.5 Å². The first kappa shape index (κ1) is 19.8. The Morgan fingerprint density at radius 1 is 1.10 bits per heavy atom. The molecule has 0 spiro atoms. The summed E-state index contributed by atoms with van der Waals surface area (Å²) in [5.41, 5.74) is 9.80. The Labute approximate surface area is 180 Å². The summed E-state index contributed by atoms with van der Waals surface area (Å²) in [7, 11) is 1.59. The second-order valence-electron chi connectivity index (χ2n) is 6.78. The van der Waals surface area contributed by atoms with Crippen LogP contribution < -0.4 is 15.4 Å². The van der Waals surface area contributed by atoms with E-state index in [1.807, 2.05) is 71.8 Å². The lowest BCUT2D eigenvalue weighted by molar-refractivity contribution is 0.385. The van der Waals surface area contributed by atoms with Crippen LogP contribution >= 0.6 is 11.8 Å². The summed E-state index contributed by atoms with van der Waals surface area (Å²) in [5.74, 6) is 1.12. The van der Waals surface area contributed by atoms with Crippen molar-refractivity contribution in [2.75, 3.05) is 18.3 Å². The van der Waals surface area contributed by atoms with Crippen LogP contribution in [0.15, 0.2) is 77.2 Å². The number of thioether (sulfide) groups is 1. The number of nitrogens with two attached hydrogens (primary N) is 1. The molecule has 2 aromatic carbocycles. The summed E-state index contributed by atoms with van der Waals surface area (Å²) in [5, 5.41) is 10.7. The Kier molecular flexibility index (Phi) is 5.59. The van der Waals surface area contributed by atoms with Gasteiger partial charge in [-0.05, 0) is 17.4 Å². The normalized spacial score (nSPS) is 15.5. The van der Waals surface area contributed by atoms with Crippen LogP contribution in [0.1, 0.15) is 22.6 Å². The summed E-state index contributed by atoms with van der Waals surface area (Å²) in [4.78, 5) is 11.2. The largest absolute Gasteiger partial charge is 0.481 e. The van der Waals surface area contributed by atoms with Gasteiger partial charge in [0.1, 0.15) is 11.6 Å². The zero-order chi connectivity index (χ0) is 21.1. The van der Waals surface area contributed by atoms with Gasteiger partial charge in [0.25, 0.3) is 0 Å². The molecule has 0 bridgehead atoms. The standard InChI is InChI=1S/C23H21N5OS/c1-29-22-19-18(16-11-7-4-8-12-16)17(13-24)20(25)28(14-15-9-5-3-6-10-15)21(19)26-23(27-22)30-2/h3-12,18H,14,25H2,1-2H3. The van der Waals surface area contributed by atoms with E-state index in [2.05, 4.69) is 11.1 Å². The van der Waals surface area contributed by atoms with Gasteiger partial charge in [0.05, 0.1) is 36.8 Å².